The van der Waals surface area contributed by atoms with Gasteiger partial charge in [-0.15, -0.1) is 0 Å². The van der Waals surface area contributed by atoms with Crippen LogP contribution in [0.2, 0.25) is 0 Å². The maximum Gasteiger partial charge on any atom is 0.255 e. The topological polar surface area (TPSA) is 44.8 Å². The van der Waals surface area contributed by atoms with Gasteiger partial charge in [0.05, 0.1) is 23.5 Å². The van der Waals surface area contributed by atoms with Crippen LogP contribution in [0.3, 0.4) is 0 Å². The zero-order valence-electron chi connectivity index (χ0n) is 21.4. The van der Waals surface area contributed by atoms with Crippen molar-refractivity contribution in [3.63, 3.8) is 0 Å². The van der Waals surface area contributed by atoms with E-state index in [0.717, 1.165) is 62.4 Å². The lowest BCUT2D eigenvalue weighted by Gasteiger charge is -2.44. The third-order valence-electron chi connectivity index (χ3n) is 7.47. The van der Waals surface area contributed by atoms with Gasteiger partial charge in [0.15, 0.2) is 0 Å². The van der Waals surface area contributed by atoms with Crippen LogP contribution >= 0.6 is 0 Å². The summed E-state index contributed by atoms with van der Waals surface area (Å²) in [6, 6.07) is 29.0. The highest BCUT2D eigenvalue weighted by Gasteiger charge is 2.38. The number of hydrogen-bond donors (Lipinski definition) is 1. The number of fused-ring (bicyclic) bond motifs is 1. The Morgan fingerprint density at radius 1 is 0.889 bits per heavy atom. The van der Waals surface area contributed by atoms with Crippen molar-refractivity contribution < 1.29 is 9.53 Å². The van der Waals surface area contributed by atoms with Crippen LogP contribution in [0.5, 0.6) is 0 Å². The van der Waals surface area contributed by atoms with Crippen LogP contribution in [0.4, 0.5) is 5.69 Å². The minimum Gasteiger partial charge on any atom is -0.370 e. The van der Waals surface area contributed by atoms with Gasteiger partial charge in [-0.25, -0.2) is 0 Å². The predicted molar refractivity (Wildman–Crippen MR) is 145 cm³/mol. The lowest BCUT2D eigenvalue weighted by atomic mass is 9.84. The van der Waals surface area contributed by atoms with Gasteiger partial charge in [0.2, 0.25) is 0 Å². The average molecular weight is 484 g/mol. The van der Waals surface area contributed by atoms with Gasteiger partial charge in [0.25, 0.3) is 5.91 Å². The molecule has 0 radical (unpaired) electrons. The van der Waals surface area contributed by atoms with Crippen LogP contribution in [0, 0.1) is 5.92 Å². The number of hydrogen-bond acceptors (Lipinski definition) is 4. The first-order chi connectivity index (χ1) is 17.6. The van der Waals surface area contributed by atoms with E-state index in [1.807, 2.05) is 36.4 Å². The summed E-state index contributed by atoms with van der Waals surface area (Å²) >= 11 is 0. The molecule has 1 saturated heterocycles. The fourth-order valence-electron chi connectivity index (χ4n) is 5.45. The fraction of sp³-hybridized carbons (Fsp3) is 0.387. The second kappa shape index (κ2) is 10.9. The molecular weight excluding hydrogens is 446 g/mol. The zero-order valence-corrected chi connectivity index (χ0v) is 21.4. The summed E-state index contributed by atoms with van der Waals surface area (Å²) in [7, 11) is 0. The van der Waals surface area contributed by atoms with Gasteiger partial charge in [0, 0.05) is 26.2 Å². The Labute approximate surface area is 215 Å². The first-order valence-electron chi connectivity index (χ1n) is 13.2. The molecule has 1 unspecified atom stereocenters. The van der Waals surface area contributed by atoms with Crippen molar-refractivity contribution in [1.82, 2.24) is 10.2 Å². The standard InChI is InChI=1S/C31H37N3O2/c1-24(2)23-36-31(26-13-7-4-8-14-26)17-19-33(20-18-31)21-22-34-28-16-10-9-15-27(28)30(35)32-29(34)25-11-5-3-6-12-25/h3-16,24,29H,17-23H2,1-2H3,(H,32,35). The lowest BCUT2D eigenvalue weighted by Crippen LogP contribution is -2.51. The lowest BCUT2D eigenvalue weighted by molar-refractivity contribution is -0.0982. The van der Waals surface area contributed by atoms with E-state index in [9.17, 15) is 4.79 Å². The first-order valence-corrected chi connectivity index (χ1v) is 13.2. The van der Waals surface area contributed by atoms with E-state index in [1.54, 1.807) is 0 Å². The molecule has 5 heteroatoms. The highest BCUT2D eigenvalue weighted by atomic mass is 16.5. The molecule has 1 amide bonds. The third-order valence-corrected chi connectivity index (χ3v) is 7.47. The molecular formula is C31H37N3O2. The summed E-state index contributed by atoms with van der Waals surface area (Å²) in [5.74, 6) is 0.497. The molecule has 3 aromatic rings. The van der Waals surface area contributed by atoms with E-state index in [-0.39, 0.29) is 17.7 Å². The SMILES string of the molecule is CC(C)COC1(c2ccccc2)CCN(CCN2c3ccccc3C(=O)NC2c2ccccc2)CC1. The van der Waals surface area contributed by atoms with Crippen molar-refractivity contribution in [3.8, 4) is 0 Å². The molecule has 5 rings (SSSR count). The zero-order chi connectivity index (χ0) is 25.0. The van der Waals surface area contributed by atoms with Crippen LogP contribution in [-0.2, 0) is 10.3 Å². The number of nitrogens with one attached hydrogen (secondary N) is 1. The summed E-state index contributed by atoms with van der Waals surface area (Å²) in [4.78, 5) is 17.8. The number of ether oxygens (including phenoxy) is 1. The number of amides is 1. The Kier molecular flexibility index (Phi) is 7.40. The van der Waals surface area contributed by atoms with E-state index in [1.165, 1.54) is 5.56 Å². The Morgan fingerprint density at radius 2 is 1.53 bits per heavy atom. The van der Waals surface area contributed by atoms with Crippen molar-refractivity contribution in [2.24, 2.45) is 5.92 Å². The largest absolute Gasteiger partial charge is 0.370 e. The van der Waals surface area contributed by atoms with E-state index >= 15 is 0 Å². The predicted octanol–water partition coefficient (Wildman–Crippen LogP) is 5.60. The molecule has 0 bridgehead atoms. The quantitative estimate of drug-likeness (QED) is 0.453. The molecule has 5 nitrogen and oxygen atoms in total. The number of rotatable bonds is 8. The van der Waals surface area contributed by atoms with Crippen molar-refractivity contribution in [2.45, 2.75) is 38.5 Å². The number of likely N-dealkylation sites (tertiary alicyclic amines) is 1. The number of anilines is 1. The Hall–Kier alpha value is -3.15. The Bertz CT molecular complexity index is 1140. The fourth-order valence-corrected chi connectivity index (χ4v) is 5.45. The molecule has 0 aliphatic carbocycles. The molecule has 0 aromatic heterocycles. The van der Waals surface area contributed by atoms with Crippen molar-refractivity contribution >= 4 is 11.6 Å². The van der Waals surface area contributed by atoms with Gasteiger partial charge < -0.3 is 19.9 Å². The summed E-state index contributed by atoms with van der Waals surface area (Å²) < 4.78 is 6.61. The highest BCUT2D eigenvalue weighted by molar-refractivity contribution is 6.02. The van der Waals surface area contributed by atoms with Crippen LogP contribution in [0.25, 0.3) is 0 Å². The van der Waals surface area contributed by atoms with Gasteiger partial charge >= 0.3 is 0 Å². The summed E-state index contributed by atoms with van der Waals surface area (Å²) in [5, 5.41) is 3.24. The van der Waals surface area contributed by atoms with Gasteiger partial charge in [-0.1, -0.05) is 86.6 Å². The van der Waals surface area contributed by atoms with Crippen LogP contribution in [0.15, 0.2) is 84.9 Å². The molecule has 3 aromatic carbocycles. The van der Waals surface area contributed by atoms with E-state index in [2.05, 4.69) is 77.5 Å². The molecule has 2 aliphatic heterocycles. The van der Waals surface area contributed by atoms with Crippen LogP contribution in [-0.4, -0.2) is 43.6 Å². The number of carbonyl (C=O) groups excluding carboxylic acids is 1. The summed E-state index contributed by atoms with van der Waals surface area (Å²) in [5.41, 5.74) is 3.94. The smallest absolute Gasteiger partial charge is 0.255 e. The molecule has 1 atom stereocenters. The number of benzene rings is 3. The van der Waals surface area contributed by atoms with Gasteiger partial charge in [-0.3, -0.25) is 4.79 Å². The van der Waals surface area contributed by atoms with Gasteiger partial charge in [0.1, 0.15) is 6.17 Å². The molecule has 2 heterocycles. The summed E-state index contributed by atoms with van der Waals surface area (Å²) in [6.45, 7) is 8.96. The van der Waals surface area contributed by atoms with Crippen molar-refractivity contribution in [3.05, 3.63) is 102 Å². The normalized spacial score (nSPS) is 19.7. The molecule has 2 aliphatic rings. The molecule has 0 spiro atoms. The number of piperidine rings is 1. The van der Waals surface area contributed by atoms with Crippen LogP contribution in [0.1, 0.15) is 54.3 Å². The van der Waals surface area contributed by atoms with E-state index in [4.69, 9.17) is 4.74 Å². The Balaban J connectivity index is 1.31. The number of carbonyl (C=O) groups is 1. The second-order valence-electron chi connectivity index (χ2n) is 10.4. The maximum absolute atomic E-state index is 12.9. The molecule has 0 saturated carbocycles. The van der Waals surface area contributed by atoms with E-state index in [0.29, 0.717) is 5.92 Å². The van der Waals surface area contributed by atoms with Crippen LogP contribution < -0.4 is 10.2 Å². The monoisotopic (exact) mass is 483 g/mol. The molecule has 1 N–H and O–H groups in total. The maximum atomic E-state index is 12.9. The Morgan fingerprint density at radius 3 is 2.22 bits per heavy atom. The minimum atomic E-state index is -0.208. The average Bonchev–Trinajstić information content (AvgIpc) is 2.93. The van der Waals surface area contributed by atoms with Crippen molar-refractivity contribution in [2.75, 3.05) is 37.7 Å². The third kappa shape index (κ3) is 5.18. The minimum absolute atomic E-state index is 0.0105. The van der Waals surface area contributed by atoms with E-state index < -0.39 is 0 Å². The second-order valence-corrected chi connectivity index (χ2v) is 10.4. The first kappa shape index (κ1) is 24.5. The van der Waals surface area contributed by atoms with Gasteiger partial charge in [-0.2, -0.15) is 0 Å². The number of para-hydroxylation sites is 1. The molecule has 36 heavy (non-hydrogen) atoms. The number of nitrogens with zero attached hydrogens (tertiary/aromatic N) is 2. The van der Waals surface area contributed by atoms with Gasteiger partial charge in [-0.05, 0) is 42.0 Å². The summed E-state index contributed by atoms with van der Waals surface area (Å²) in [6.07, 6.45) is 1.80. The van der Waals surface area contributed by atoms with Crippen molar-refractivity contribution in [1.29, 1.82) is 0 Å². The highest BCUT2D eigenvalue weighted by Crippen LogP contribution is 2.38. The molecule has 188 valence electrons. The molecule has 1 fully saturated rings.